The number of hydrogen-bond donors (Lipinski definition) is 3. The fourth-order valence-electron chi connectivity index (χ4n) is 2.18. The summed E-state index contributed by atoms with van der Waals surface area (Å²) in [6.07, 6.45) is 2.58. The third-order valence-electron chi connectivity index (χ3n) is 3.48. The molecular formula is C14H17F4N4O5P. The van der Waals surface area contributed by atoms with E-state index in [1.807, 2.05) is 0 Å². The van der Waals surface area contributed by atoms with E-state index in [0.29, 0.717) is 32.1 Å². The van der Waals surface area contributed by atoms with Crippen LogP contribution in [0.15, 0.2) is 5.11 Å². The van der Waals surface area contributed by atoms with Crippen molar-refractivity contribution in [3.63, 3.8) is 0 Å². The SMILES string of the molecule is [N-]=[N+]=Nc1c(F)c(F)c(C(=O)NCCCCCCCOP(=O)(O)O)c(F)c1F. The fourth-order valence-corrected chi connectivity index (χ4v) is 2.55. The quantitative estimate of drug-likeness (QED) is 0.0929. The van der Waals surface area contributed by atoms with Crippen LogP contribution in [0.2, 0.25) is 0 Å². The zero-order valence-corrected chi connectivity index (χ0v) is 15.3. The Kier molecular flexibility index (Phi) is 9.36. The molecule has 28 heavy (non-hydrogen) atoms. The van der Waals surface area contributed by atoms with E-state index in [-0.39, 0.29) is 13.2 Å². The molecule has 0 saturated heterocycles. The number of azide groups is 1. The Balaban J connectivity index is 2.48. The van der Waals surface area contributed by atoms with Gasteiger partial charge in [-0.1, -0.05) is 24.4 Å². The van der Waals surface area contributed by atoms with Gasteiger partial charge in [-0.15, -0.1) is 0 Å². The first kappa shape index (κ1) is 23.9. The lowest BCUT2D eigenvalue weighted by Crippen LogP contribution is -2.27. The second kappa shape index (κ2) is 11.0. The highest BCUT2D eigenvalue weighted by molar-refractivity contribution is 7.46. The van der Waals surface area contributed by atoms with Gasteiger partial charge in [0.2, 0.25) is 0 Å². The van der Waals surface area contributed by atoms with Crippen LogP contribution in [-0.4, -0.2) is 28.8 Å². The highest BCUT2D eigenvalue weighted by Crippen LogP contribution is 2.35. The summed E-state index contributed by atoms with van der Waals surface area (Å²) >= 11 is 0. The molecule has 0 radical (unpaired) electrons. The minimum absolute atomic E-state index is 0.0297. The molecule has 0 heterocycles. The Hall–Kier alpha value is -2.17. The van der Waals surface area contributed by atoms with Gasteiger partial charge < -0.3 is 15.1 Å². The zero-order chi connectivity index (χ0) is 21.3. The number of nitrogens with zero attached hydrogens (tertiary/aromatic N) is 3. The van der Waals surface area contributed by atoms with Gasteiger partial charge in [0, 0.05) is 11.5 Å². The number of unbranched alkanes of at least 4 members (excludes halogenated alkanes) is 4. The van der Waals surface area contributed by atoms with Crippen molar-refractivity contribution in [2.24, 2.45) is 5.11 Å². The molecule has 0 fully saturated rings. The lowest BCUT2D eigenvalue weighted by Gasteiger charge is -2.10. The van der Waals surface area contributed by atoms with E-state index in [0.717, 1.165) is 0 Å². The van der Waals surface area contributed by atoms with Crippen molar-refractivity contribution in [3.05, 3.63) is 39.3 Å². The Morgan fingerprint density at radius 1 is 1.04 bits per heavy atom. The molecule has 0 aliphatic rings. The van der Waals surface area contributed by atoms with E-state index >= 15 is 0 Å². The van der Waals surface area contributed by atoms with Crippen LogP contribution >= 0.6 is 7.82 Å². The van der Waals surface area contributed by atoms with Crippen LogP contribution in [0.1, 0.15) is 42.5 Å². The smallest absolute Gasteiger partial charge is 0.352 e. The van der Waals surface area contributed by atoms with Gasteiger partial charge >= 0.3 is 7.82 Å². The summed E-state index contributed by atoms with van der Waals surface area (Å²) in [4.78, 5) is 30.8. The molecule has 0 aliphatic heterocycles. The van der Waals surface area contributed by atoms with Crippen LogP contribution in [-0.2, 0) is 9.09 Å². The molecule has 3 N–H and O–H groups in total. The Labute approximate surface area is 156 Å². The number of amides is 1. The standard InChI is InChI=1S/C14H17F4N4O5P/c15-9-8(10(16)12(18)13(11(9)17)21-22-19)14(23)20-6-4-2-1-3-5-7-27-28(24,25)26/h1-7H2,(H,20,23)(H2,24,25,26). The van der Waals surface area contributed by atoms with Crippen LogP contribution in [0.3, 0.4) is 0 Å². The fraction of sp³-hybridized carbons (Fsp3) is 0.500. The molecule has 0 aliphatic carbocycles. The highest BCUT2D eigenvalue weighted by atomic mass is 31.2. The largest absolute Gasteiger partial charge is 0.469 e. The summed E-state index contributed by atoms with van der Waals surface area (Å²) < 4.78 is 69.6. The molecule has 1 aromatic rings. The number of nitrogens with one attached hydrogen (secondary N) is 1. The number of carbonyl (C=O) groups is 1. The third-order valence-corrected chi connectivity index (χ3v) is 4.00. The van der Waals surface area contributed by atoms with Gasteiger partial charge in [0.05, 0.1) is 6.61 Å². The van der Waals surface area contributed by atoms with Crippen molar-refractivity contribution in [2.45, 2.75) is 32.1 Å². The van der Waals surface area contributed by atoms with Crippen LogP contribution < -0.4 is 5.32 Å². The van der Waals surface area contributed by atoms with E-state index in [4.69, 9.17) is 15.3 Å². The molecule has 0 aromatic heterocycles. The van der Waals surface area contributed by atoms with E-state index in [2.05, 4.69) is 19.9 Å². The topological polar surface area (TPSA) is 145 Å². The summed E-state index contributed by atoms with van der Waals surface area (Å²) in [6, 6.07) is 0. The van der Waals surface area contributed by atoms with Crippen LogP contribution in [0.25, 0.3) is 10.4 Å². The molecule has 14 heteroatoms. The van der Waals surface area contributed by atoms with Crippen molar-refractivity contribution in [3.8, 4) is 0 Å². The Morgan fingerprint density at radius 2 is 1.57 bits per heavy atom. The van der Waals surface area contributed by atoms with Gasteiger partial charge in [-0.2, -0.15) is 0 Å². The minimum Gasteiger partial charge on any atom is -0.352 e. The number of benzene rings is 1. The van der Waals surface area contributed by atoms with Gasteiger partial charge in [0.25, 0.3) is 5.91 Å². The first-order valence-electron chi connectivity index (χ1n) is 7.99. The molecule has 0 bridgehead atoms. The molecule has 0 atom stereocenters. The maximum Gasteiger partial charge on any atom is 0.469 e. The molecule has 0 spiro atoms. The van der Waals surface area contributed by atoms with Gasteiger partial charge in [0.15, 0.2) is 23.3 Å². The maximum absolute atomic E-state index is 13.8. The molecule has 9 nitrogen and oxygen atoms in total. The van der Waals surface area contributed by atoms with Crippen LogP contribution in [0, 0.1) is 23.3 Å². The van der Waals surface area contributed by atoms with E-state index in [1.54, 1.807) is 0 Å². The normalized spacial score (nSPS) is 11.2. The summed E-state index contributed by atoms with van der Waals surface area (Å²) in [6.45, 7) is -0.138. The van der Waals surface area contributed by atoms with E-state index in [1.165, 1.54) is 0 Å². The summed E-state index contributed by atoms with van der Waals surface area (Å²) in [7, 11) is -4.48. The highest BCUT2D eigenvalue weighted by Gasteiger charge is 2.28. The third kappa shape index (κ3) is 7.10. The first-order valence-corrected chi connectivity index (χ1v) is 9.52. The van der Waals surface area contributed by atoms with Gasteiger partial charge in [-0.25, -0.2) is 22.1 Å². The van der Waals surface area contributed by atoms with Gasteiger partial charge in [0.1, 0.15) is 11.3 Å². The summed E-state index contributed by atoms with van der Waals surface area (Å²) in [5.74, 6) is -9.25. The average Bonchev–Trinajstić information content (AvgIpc) is 2.61. The van der Waals surface area contributed by atoms with Crippen LogP contribution in [0.4, 0.5) is 23.2 Å². The number of carbonyl (C=O) groups excluding carboxylic acids is 1. The molecule has 156 valence electrons. The Bertz CT molecular complexity index is 784. The minimum atomic E-state index is -4.48. The summed E-state index contributed by atoms with van der Waals surface area (Å²) in [5.41, 5.74) is 5.20. The molecule has 0 saturated carbocycles. The summed E-state index contributed by atoms with van der Waals surface area (Å²) in [5, 5.41) is 4.65. The molecule has 1 aromatic carbocycles. The van der Waals surface area contributed by atoms with Crippen molar-refractivity contribution in [2.75, 3.05) is 13.2 Å². The average molecular weight is 428 g/mol. The predicted octanol–water partition coefficient (Wildman–Crippen LogP) is 3.97. The Morgan fingerprint density at radius 3 is 2.11 bits per heavy atom. The van der Waals surface area contributed by atoms with E-state index < -0.39 is 48.2 Å². The maximum atomic E-state index is 13.8. The second-order valence-corrected chi connectivity index (χ2v) is 6.76. The van der Waals surface area contributed by atoms with Crippen molar-refractivity contribution in [1.29, 1.82) is 0 Å². The van der Waals surface area contributed by atoms with Crippen molar-refractivity contribution >= 4 is 19.4 Å². The molecule has 0 unspecified atom stereocenters. The molecule has 1 rings (SSSR count). The molecule has 1 amide bonds. The number of halogens is 4. The van der Waals surface area contributed by atoms with Crippen LogP contribution in [0.5, 0.6) is 0 Å². The lowest BCUT2D eigenvalue weighted by molar-refractivity contribution is 0.0942. The number of phosphoric acid groups is 1. The van der Waals surface area contributed by atoms with Crippen molar-refractivity contribution < 1.29 is 41.2 Å². The predicted molar refractivity (Wildman–Crippen MR) is 88.5 cm³/mol. The lowest BCUT2D eigenvalue weighted by atomic mass is 10.1. The number of rotatable bonds is 11. The zero-order valence-electron chi connectivity index (χ0n) is 14.4. The number of hydrogen-bond acceptors (Lipinski definition) is 4. The number of phosphoric ester groups is 1. The van der Waals surface area contributed by atoms with Gasteiger partial charge in [-0.05, 0) is 18.4 Å². The second-order valence-electron chi connectivity index (χ2n) is 5.52. The first-order chi connectivity index (χ1) is 13.1. The monoisotopic (exact) mass is 428 g/mol. The van der Waals surface area contributed by atoms with Crippen molar-refractivity contribution in [1.82, 2.24) is 5.32 Å². The van der Waals surface area contributed by atoms with E-state index in [9.17, 15) is 26.9 Å². The van der Waals surface area contributed by atoms with Gasteiger partial charge in [-0.3, -0.25) is 9.32 Å². The molecular weight excluding hydrogens is 411 g/mol.